The first kappa shape index (κ1) is 15.3. The summed E-state index contributed by atoms with van der Waals surface area (Å²) < 4.78 is 0. The number of pyridine rings is 1. The van der Waals surface area contributed by atoms with Crippen molar-refractivity contribution in [2.45, 2.75) is 38.1 Å². The van der Waals surface area contributed by atoms with Crippen LogP contribution in [0.3, 0.4) is 0 Å². The van der Waals surface area contributed by atoms with E-state index in [0.717, 1.165) is 31.2 Å². The number of nitrogens with zero attached hydrogens (tertiary/aromatic N) is 1. The topological polar surface area (TPSA) is 91.3 Å². The van der Waals surface area contributed by atoms with Gasteiger partial charge in [0.25, 0.3) is 0 Å². The van der Waals surface area contributed by atoms with Gasteiger partial charge in [-0.3, -0.25) is 9.78 Å². The van der Waals surface area contributed by atoms with Gasteiger partial charge in [-0.2, -0.15) is 0 Å². The highest BCUT2D eigenvalue weighted by atomic mass is 16.4. The van der Waals surface area contributed by atoms with Crippen molar-refractivity contribution in [1.82, 2.24) is 15.6 Å². The second kappa shape index (κ2) is 7.61. The lowest BCUT2D eigenvalue weighted by Gasteiger charge is -2.29. The first-order chi connectivity index (χ1) is 10.2. The maximum atomic E-state index is 11.8. The van der Waals surface area contributed by atoms with Crippen LogP contribution >= 0.6 is 0 Å². The van der Waals surface area contributed by atoms with Gasteiger partial charge in [-0.05, 0) is 37.0 Å². The van der Waals surface area contributed by atoms with Crippen molar-refractivity contribution >= 4 is 12.0 Å². The van der Waals surface area contributed by atoms with E-state index in [1.54, 1.807) is 12.4 Å². The Morgan fingerprint density at radius 1 is 1.24 bits per heavy atom. The highest BCUT2D eigenvalue weighted by Gasteiger charge is 2.31. The van der Waals surface area contributed by atoms with Crippen LogP contribution in [0.2, 0.25) is 0 Å². The number of hydrogen-bond acceptors (Lipinski definition) is 3. The molecular weight excluding hydrogens is 270 g/mol. The molecule has 1 aliphatic rings. The van der Waals surface area contributed by atoms with Crippen LogP contribution in [0, 0.1) is 5.92 Å². The van der Waals surface area contributed by atoms with E-state index in [2.05, 4.69) is 15.6 Å². The number of carboxylic acid groups (broad SMARTS) is 1. The van der Waals surface area contributed by atoms with Crippen LogP contribution in [-0.2, 0) is 11.2 Å². The van der Waals surface area contributed by atoms with Crippen molar-refractivity contribution in [1.29, 1.82) is 0 Å². The lowest BCUT2D eigenvalue weighted by Crippen LogP contribution is -2.49. The number of amides is 2. The van der Waals surface area contributed by atoms with Crippen LogP contribution in [0.4, 0.5) is 4.79 Å². The minimum atomic E-state index is -0.822. The minimum absolute atomic E-state index is 0.267. The van der Waals surface area contributed by atoms with Crippen LogP contribution in [0.5, 0.6) is 0 Å². The molecule has 1 aromatic heterocycles. The summed E-state index contributed by atoms with van der Waals surface area (Å²) in [6, 6.07) is 3.25. The summed E-state index contributed by atoms with van der Waals surface area (Å²) in [4.78, 5) is 26.9. The summed E-state index contributed by atoms with van der Waals surface area (Å²) in [5, 5.41) is 14.7. The van der Waals surface area contributed by atoms with Gasteiger partial charge in [-0.15, -0.1) is 0 Å². The molecular formula is C15H21N3O3. The maximum Gasteiger partial charge on any atom is 0.315 e. The molecule has 6 heteroatoms. The van der Waals surface area contributed by atoms with Gasteiger partial charge in [0.15, 0.2) is 0 Å². The lowest BCUT2D eigenvalue weighted by atomic mass is 9.84. The molecule has 0 radical (unpaired) electrons. The molecule has 2 unspecified atom stereocenters. The van der Waals surface area contributed by atoms with E-state index < -0.39 is 11.9 Å². The largest absolute Gasteiger partial charge is 0.481 e. The number of nitrogens with one attached hydrogen (secondary N) is 2. The fourth-order valence-electron chi connectivity index (χ4n) is 2.69. The Labute approximate surface area is 124 Å². The van der Waals surface area contributed by atoms with Crippen LogP contribution in [0.15, 0.2) is 24.5 Å². The molecule has 2 amide bonds. The summed E-state index contributed by atoms with van der Waals surface area (Å²) in [6.45, 7) is 0.514. The van der Waals surface area contributed by atoms with Crippen molar-refractivity contribution in [2.24, 2.45) is 5.92 Å². The van der Waals surface area contributed by atoms with Gasteiger partial charge in [0.05, 0.1) is 5.92 Å². The number of aromatic nitrogens is 1. The zero-order valence-corrected chi connectivity index (χ0v) is 11.9. The number of rotatable bonds is 5. The Kier molecular flexibility index (Phi) is 5.54. The van der Waals surface area contributed by atoms with Gasteiger partial charge in [-0.25, -0.2) is 4.79 Å². The zero-order chi connectivity index (χ0) is 15.1. The molecule has 1 aromatic rings. The first-order valence-electron chi connectivity index (χ1n) is 7.33. The number of carboxylic acids is 1. The van der Waals surface area contributed by atoms with Crippen molar-refractivity contribution in [3.05, 3.63) is 30.1 Å². The van der Waals surface area contributed by atoms with Crippen molar-refractivity contribution in [3.8, 4) is 0 Å². The number of carbonyl (C=O) groups excluding carboxylic acids is 1. The Bertz CT molecular complexity index is 478. The van der Waals surface area contributed by atoms with Crippen LogP contribution in [-0.4, -0.2) is 34.7 Å². The average Bonchev–Trinajstić information content (AvgIpc) is 2.48. The maximum absolute atomic E-state index is 11.8. The van der Waals surface area contributed by atoms with Gasteiger partial charge in [0, 0.05) is 25.0 Å². The SMILES string of the molecule is O=C(NCCc1ccncc1)NC1CCCCC1C(=O)O. The number of aliphatic carboxylic acids is 1. The van der Waals surface area contributed by atoms with Gasteiger partial charge < -0.3 is 15.7 Å². The normalized spacial score (nSPS) is 21.5. The third kappa shape index (κ3) is 4.73. The molecule has 1 heterocycles. The molecule has 0 spiro atoms. The van der Waals surface area contributed by atoms with E-state index in [-0.39, 0.29) is 12.1 Å². The van der Waals surface area contributed by atoms with Crippen molar-refractivity contribution in [2.75, 3.05) is 6.54 Å². The molecule has 2 atom stereocenters. The second-order valence-electron chi connectivity index (χ2n) is 5.34. The number of urea groups is 1. The standard InChI is InChI=1S/C15H21N3O3/c19-14(20)12-3-1-2-4-13(12)18-15(21)17-10-7-11-5-8-16-9-6-11/h5-6,8-9,12-13H,1-4,7,10H2,(H,19,20)(H2,17,18,21). The quantitative estimate of drug-likeness (QED) is 0.768. The molecule has 21 heavy (non-hydrogen) atoms. The zero-order valence-electron chi connectivity index (χ0n) is 11.9. The Balaban J connectivity index is 1.74. The third-order valence-corrected chi connectivity index (χ3v) is 3.85. The van der Waals surface area contributed by atoms with Gasteiger partial charge in [-0.1, -0.05) is 12.8 Å². The van der Waals surface area contributed by atoms with E-state index in [0.29, 0.717) is 13.0 Å². The molecule has 114 valence electrons. The molecule has 3 N–H and O–H groups in total. The van der Waals surface area contributed by atoms with Gasteiger partial charge >= 0.3 is 12.0 Å². The highest BCUT2D eigenvalue weighted by molar-refractivity contribution is 5.76. The van der Waals surface area contributed by atoms with Crippen LogP contribution in [0.25, 0.3) is 0 Å². The fraction of sp³-hybridized carbons (Fsp3) is 0.533. The van der Waals surface area contributed by atoms with Gasteiger partial charge in [0.2, 0.25) is 0 Å². The second-order valence-corrected chi connectivity index (χ2v) is 5.34. The monoisotopic (exact) mass is 291 g/mol. The van der Waals surface area contributed by atoms with Crippen molar-refractivity contribution in [3.63, 3.8) is 0 Å². The van der Waals surface area contributed by atoms with E-state index >= 15 is 0 Å². The summed E-state index contributed by atoms with van der Waals surface area (Å²) in [6.07, 6.45) is 7.41. The number of carbonyl (C=O) groups is 2. The summed E-state index contributed by atoms with van der Waals surface area (Å²) in [5.74, 6) is -1.29. The van der Waals surface area contributed by atoms with Gasteiger partial charge in [0.1, 0.15) is 0 Å². The Hall–Kier alpha value is -2.11. The smallest absolute Gasteiger partial charge is 0.315 e. The minimum Gasteiger partial charge on any atom is -0.481 e. The predicted octanol–water partition coefficient (Wildman–Crippen LogP) is 1.57. The molecule has 0 aromatic carbocycles. The third-order valence-electron chi connectivity index (χ3n) is 3.85. The summed E-state index contributed by atoms with van der Waals surface area (Å²) >= 11 is 0. The van der Waals surface area contributed by atoms with E-state index in [9.17, 15) is 9.59 Å². The summed E-state index contributed by atoms with van der Waals surface area (Å²) in [5.41, 5.74) is 1.10. The van der Waals surface area contributed by atoms with Crippen LogP contribution in [0.1, 0.15) is 31.2 Å². The molecule has 1 aliphatic carbocycles. The van der Waals surface area contributed by atoms with E-state index in [4.69, 9.17) is 5.11 Å². The van der Waals surface area contributed by atoms with E-state index in [1.807, 2.05) is 12.1 Å². The highest BCUT2D eigenvalue weighted by Crippen LogP contribution is 2.24. The molecule has 6 nitrogen and oxygen atoms in total. The van der Waals surface area contributed by atoms with E-state index in [1.165, 1.54) is 0 Å². The molecule has 2 rings (SSSR count). The first-order valence-corrected chi connectivity index (χ1v) is 7.33. The Morgan fingerprint density at radius 2 is 1.95 bits per heavy atom. The van der Waals surface area contributed by atoms with Crippen molar-refractivity contribution < 1.29 is 14.7 Å². The molecule has 0 bridgehead atoms. The molecule has 0 aliphatic heterocycles. The average molecular weight is 291 g/mol. The predicted molar refractivity (Wildman–Crippen MR) is 77.9 cm³/mol. The number of hydrogen-bond donors (Lipinski definition) is 3. The molecule has 1 saturated carbocycles. The Morgan fingerprint density at radius 3 is 2.67 bits per heavy atom. The molecule has 0 saturated heterocycles. The molecule has 1 fully saturated rings. The van der Waals surface area contributed by atoms with Crippen LogP contribution < -0.4 is 10.6 Å². The lowest BCUT2D eigenvalue weighted by molar-refractivity contribution is -0.143. The fourth-order valence-corrected chi connectivity index (χ4v) is 2.69. The summed E-state index contributed by atoms with van der Waals surface area (Å²) in [7, 11) is 0.